The molecule has 0 fully saturated rings. The van der Waals surface area contributed by atoms with Gasteiger partial charge in [-0.2, -0.15) is 0 Å². The van der Waals surface area contributed by atoms with Gasteiger partial charge < -0.3 is 39.4 Å². The van der Waals surface area contributed by atoms with Crippen LogP contribution in [0, 0.1) is 0 Å². The van der Waals surface area contributed by atoms with Gasteiger partial charge >= 0.3 is 36.2 Å². The minimum atomic E-state index is -3.21. The van der Waals surface area contributed by atoms with Crippen LogP contribution in [-0.4, -0.2) is 56.6 Å². The van der Waals surface area contributed by atoms with Crippen LogP contribution in [0.1, 0.15) is 5.56 Å². The molecule has 0 bridgehead atoms. The minimum absolute atomic E-state index is 0.0988. The summed E-state index contributed by atoms with van der Waals surface area (Å²) < 4.78 is 18.1. The SMILES string of the molecule is O=C(O)OC1(OC(=O)O)C=CC=C(c2ccccc2)C1(OC(=O)O)OC(=O)O. The second-order valence-electron chi connectivity index (χ2n) is 5.06. The first-order chi connectivity index (χ1) is 13.1. The molecule has 0 spiro atoms. The van der Waals surface area contributed by atoms with E-state index in [1.165, 1.54) is 24.3 Å². The largest absolute Gasteiger partial charge is 0.509 e. The van der Waals surface area contributed by atoms with E-state index in [2.05, 4.69) is 18.9 Å². The predicted molar refractivity (Wildman–Crippen MR) is 85.5 cm³/mol. The van der Waals surface area contributed by atoms with Gasteiger partial charge in [0.15, 0.2) is 0 Å². The Hall–Kier alpha value is -4.22. The van der Waals surface area contributed by atoms with Gasteiger partial charge in [0.1, 0.15) is 0 Å². The Bertz CT molecular complexity index is 822. The van der Waals surface area contributed by atoms with E-state index in [1.54, 1.807) is 6.07 Å². The molecule has 0 amide bonds. The van der Waals surface area contributed by atoms with Crippen molar-refractivity contribution >= 4 is 30.2 Å². The van der Waals surface area contributed by atoms with E-state index in [4.69, 9.17) is 20.4 Å². The molecule has 148 valence electrons. The summed E-state index contributed by atoms with van der Waals surface area (Å²) in [6.07, 6.45) is -5.72. The van der Waals surface area contributed by atoms with Crippen molar-refractivity contribution in [2.45, 2.75) is 11.6 Å². The molecule has 12 nitrogen and oxygen atoms in total. The summed E-state index contributed by atoms with van der Waals surface area (Å²) in [7, 11) is 0. The molecule has 2 rings (SSSR count). The second kappa shape index (κ2) is 7.57. The smallest absolute Gasteiger partial charge is 0.450 e. The number of allylic oxidation sites excluding steroid dienone is 2. The van der Waals surface area contributed by atoms with Crippen LogP contribution in [0.15, 0.2) is 48.6 Å². The Kier molecular flexibility index (Phi) is 5.43. The lowest BCUT2D eigenvalue weighted by molar-refractivity contribution is -0.306. The van der Waals surface area contributed by atoms with E-state index in [0.717, 1.165) is 12.2 Å². The van der Waals surface area contributed by atoms with E-state index in [-0.39, 0.29) is 5.56 Å². The number of hydrogen-bond donors (Lipinski definition) is 4. The normalized spacial score (nSPS) is 16.2. The summed E-state index contributed by atoms with van der Waals surface area (Å²) in [5.41, 5.74) is -0.301. The average molecular weight is 396 g/mol. The van der Waals surface area contributed by atoms with Crippen LogP contribution in [0.2, 0.25) is 0 Å². The van der Waals surface area contributed by atoms with Crippen molar-refractivity contribution in [2.75, 3.05) is 0 Å². The maximum Gasteiger partial charge on any atom is 0.509 e. The van der Waals surface area contributed by atoms with Crippen LogP contribution < -0.4 is 0 Å². The molecule has 28 heavy (non-hydrogen) atoms. The Morgan fingerprint density at radius 3 is 1.61 bits per heavy atom. The highest BCUT2D eigenvalue weighted by atomic mass is 16.9. The summed E-state index contributed by atoms with van der Waals surface area (Å²) in [4.78, 5) is 45.1. The number of rotatable bonds is 5. The molecule has 0 aliphatic heterocycles. The van der Waals surface area contributed by atoms with Crippen LogP contribution in [-0.2, 0) is 18.9 Å². The standard InChI is InChI=1S/C16H12O12/c17-11(18)25-15(26-12(19)20)8-4-7-10(9-5-2-1-3-6-9)16(15,27-13(21)22)28-14(23)24/h1-8H,(H,17,18)(H,19,20)(H,21,22)(H,23,24). The van der Waals surface area contributed by atoms with Crippen molar-refractivity contribution in [2.24, 2.45) is 0 Å². The number of carbonyl (C=O) groups is 4. The Balaban J connectivity index is 2.84. The summed E-state index contributed by atoms with van der Waals surface area (Å²) in [5, 5.41) is 36.4. The topological polar surface area (TPSA) is 186 Å². The summed E-state index contributed by atoms with van der Waals surface area (Å²) in [5.74, 6) is -6.39. The first-order valence-electron chi connectivity index (χ1n) is 7.25. The Morgan fingerprint density at radius 2 is 1.18 bits per heavy atom. The average Bonchev–Trinajstić information content (AvgIpc) is 2.56. The van der Waals surface area contributed by atoms with Crippen LogP contribution in [0.4, 0.5) is 19.2 Å². The highest BCUT2D eigenvalue weighted by molar-refractivity contribution is 5.81. The monoisotopic (exact) mass is 396 g/mol. The third kappa shape index (κ3) is 3.80. The molecular weight excluding hydrogens is 384 g/mol. The van der Waals surface area contributed by atoms with Crippen molar-refractivity contribution in [3.63, 3.8) is 0 Å². The number of ether oxygens (including phenoxy) is 4. The van der Waals surface area contributed by atoms with Gasteiger partial charge in [-0.1, -0.05) is 42.5 Å². The van der Waals surface area contributed by atoms with Crippen LogP contribution in [0.3, 0.4) is 0 Å². The van der Waals surface area contributed by atoms with Gasteiger partial charge in [-0.25, -0.2) is 19.2 Å². The van der Waals surface area contributed by atoms with Gasteiger partial charge in [-0.3, -0.25) is 0 Å². The van der Waals surface area contributed by atoms with Gasteiger partial charge in [-0.15, -0.1) is 0 Å². The van der Waals surface area contributed by atoms with Crippen molar-refractivity contribution in [3.05, 3.63) is 54.1 Å². The lowest BCUT2D eigenvalue weighted by Gasteiger charge is -2.44. The van der Waals surface area contributed by atoms with Crippen LogP contribution >= 0.6 is 0 Å². The van der Waals surface area contributed by atoms with E-state index in [1.807, 2.05) is 0 Å². The molecule has 12 heteroatoms. The van der Waals surface area contributed by atoms with E-state index < -0.39 is 41.8 Å². The molecule has 0 atom stereocenters. The van der Waals surface area contributed by atoms with Crippen LogP contribution in [0.5, 0.6) is 0 Å². The zero-order valence-corrected chi connectivity index (χ0v) is 13.7. The molecule has 0 saturated heterocycles. The third-order valence-corrected chi connectivity index (χ3v) is 3.42. The van der Waals surface area contributed by atoms with Gasteiger partial charge in [-0.05, 0) is 5.56 Å². The van der Waals surface area contributed by atoms with Crippen molar-refractivity contribution in [3.8, 4) is 0 Å². The van der Waals surface area contributed by atoms with Gasteiger partial charge in [0.2, 0.25) is 0 Å². The highest BCUT2D eigenvalue weighted by Gasteiger charge is 2.68. The summed E-state index contributed by atoms with van der Waals surface area (Å²) >= 11 is 0. The van der Waals surface area contributed by atoms with Crippen molar-refractivity contribution < 1.29 is 58.6 Å². The fraction of sp³-hybridized carbons (Fsp3) is 0.125. The number of hydrogen-bond acceptors (Lipinski definition) is 8. The van der Waals surface area contributed by atoms with E-state index >= 15 is 0 Å². The second-order valence-corrected chi connectivity index (χ2v) is 5.06. The molecule has 1 aliphatic rings. The Morgan fingerprint density at radius 1 is 0.714 bits per heavy atom. The van der Waals surface area contributed by atoms with Crippen LogP contribution in [0.25, 0.3) is 5.57 Å². The molecule has 0 aromatic heterocycles. The fourth-order valence-corrected chi connectivity index (χ4v) is 2.58. The number of benzene rings is 1. The first kappa shape index (κ1) is 20.1. The van der Waals surface area contributed by atoms with Crippen molar-refractivity contribution in [1.29, 1.82) is 0 Å². The minimum Gasteiger partial charge on any atom is -0.450 e. The third-order valence-electron chi connectivity index (χ3n) is 3.42. The van der Waals surface area contributed by atoms with Crippen molar-refractivity contribution in [1.82, 2.24) is 0 Å². The molecular formula is C16H12O12. The molecule has 0 heterocycles. The van der Waals surface area contributed by atoms with Gasteiger partial charge in [0.05, 0.1) is 5.57 Å². The molecule has 0 saturated carbocycles. The zero-order valence-electron chi connectivity index (χ0n) is 13.7. The lowest BCUT2D eigenvalue weighted by Crippen LogP contribution is -2.63. The van der Waals surface area contributed by atoms with Gasteiger partial charge in [0.25, 0.3) is 0 Å². The molecule has 1 aromatic rings. The summed E-state index contributed by atoms with van der Waals surface area (Å²) in [6, 6.07) is 7.30. The molecule has 1 aromatic carbocycles. The highest BCUT2D eigenvalue weighted by Crippen LogP contribution is 2.47. The number of carboxylic acid groups (broad SMARTS) is 4. The van der Waals surface area contributed by atoms with E-state index in [0.29, 0.717) is 6.08 Å². The quantitative estimate of drug-likeness (QED) is 0.422. The maximum atomic E-state index is 11.3. The lowest BCUT2D eigenvalue weighted by atomic mass is 9.86. The first-order valence-corrected chi connectivity index (χ1v) is 7.25. The fourth-order valence-electron chi connectivity index (χ4n) is 2.58. The van der Waals surface area contributed by atoms with Gasteiger partial charge in [0, 0.05) is 6.08 Å². The zero-order chi connectivity index (χ0) is 20.9. The van der Waals surface area contributed by atoms with E-state index in [9.17, 15) is 19.2 Å². The summed E-state index contributed by atoms with van der Waals surface area (Å²) in [6.45, 7) is 0. The molecule has 0 radical (unpaired) electrons. The molecule has 0 unspecified atom stereocenters. The maximum absolute atomic E-state index is 11.3. The Labute approximate surface area is 155 Å². The molecule has 4 N–H and O–H groups in total. The predicted octanol–water partition coefficient (Wildman–Crippen LogP) is 2.81. The molecule has 1 aliphatic carbocycles.